The molecule has 0 saturated heterocycles. The topological polar surface area (TPSA) is 94.9 Å². The maximum absolute atomic E-state index is 10.5. The minimum absolute atomic E-state index is 0. The quantitative estimate of drug-likeness (QED) is 0.501. The van der Waals surface area contributed by atoms with Crippen molar-refractivity contribution in [2.75, 3.05) is 0 Å². The van der Waals surface area contributed by atoms with Gasteiger partial charge in [-0.05, 0) is 12.8 Å². The van der Waals surface area contributed by atoms with Crippen molar-refractivity contribution >= 4 is 130 Å². The van der Waals surface area contributed by atoms with Gasteiger partial charge in [0, 0.05) is 95.3 Å². The highest BCUT2D eigenvalue weighted by molar-refractivity contribution is 8.72. The molecule has 2 heterocycles. The van der Waals surface area contributed by atoms with Crippen LogP contribution in [0.3, 0.4) is 0 Å². The zero-order valence-electron chi connectivity index (χ0n) is 14.9. The molecular formula is C13H20N4OS12. The van der Waals surface area contributed by atoms with Crippen molar-refractivity contribution in [3.8, 4) is 0 Å². The van der Waals surface area contributed by atoms with E-state index in [9.17, 15) is 4.79 Å². The number of nitrogens with zero attached hydrogens (tertiary/aromatic N) is 2. The molecule has 2 aromatic heterocycles. The van der Waals surface area contributed by atoms with E-state index in [0.717, 1.165) is 28.6 Å². The van der Waals surface area contributed by atoms with E-state index >= 15 is 0 Å². The summed E-state index contributed by atoms with van der Waals surface area (Å²) in [5.74, 6) is -0.448. The molecule has 1 amide bonds. The Labute approximate surface area is 220 Å². The van der Waals surface area contributed by atoms with Gasteiger partial charge in [-0.15, -0.1) is 22.7 Å². The number of amides is 1. The highest BCUT2D eigenvalue weighted by atomic mass is 33.4. The van der Waals surface area contributed by atoms with E-state index < -0.39 is 5.91 Å². The summed E-state index contributed by atoms with van der Waals surface area (Å²) in [5, 5.41) is 5.61. The fraction of sp³-hybridized carbons (Fsp3) is 0.385. The zero-order valence-corrected chi connectivity index (χ0v) is 24.7. The third kappa shape index (κ3) is 16.3. The number of carbonyl (C=O) groups excluding carboxylic acids is 1. The van der Waals surface area contributed by atoms with Gasteiger partial charge in [0.05, 0.1) is 10.0 Å². The molecule has 0 atom stereocenters. The van der Waals surface area contributed by atoms with E-state index in [0.29, 0.717) is 10.7 Å². The predicted molar refractivity (Wildman–Crippen MR) is 160 cm³/mol. The summed E-state index contributed by atoms with van der Waals surface area (Å²) in [6.45, 7) is 4.05. The fourth-order valence-electron chi connectivity index (χ4n) is 1.23. The Kier molecular flexibility index (Phi) is 23.4. The second-order valence-electron chi connectivity index (χ2n) is 4.16. The third-order valence-corrected chi connectivity index (χ3v) is 17.9. The molecule has 0 aromatic carbocycles. The smallest absolute Gasteiger partial charge is 0.268 e. The maximum atomic E-state index is 10.5. The number of primary amides is 1. The van der Waals surface area contributed by atoms with Crippen molar-refractivity contribution in [3.05, 3.63) is 32.2 Å². The summed E-state index contributed by atoms with van der Waals surface area (Å²) >= 11 is 17.1. The van der Waals surface area contributed by atoms with Gasteiger partial charge in [-0.2, -0.15) is 0 Å². The first-order valence-corrected chi connectivity index (χ1v) is 20.1. The number of thiocarbonyl (C=S) groups is 1. The van der Waals surface area contributed by atoms with Crippen LogP contribution in [0.25, 0.3) is 0 Å². The summed E-state index contributed by atoms with van der Waals surface area (Å²) < 4.78 is 0. The van der Waals surface area contributed by atoms with Gasteiger partial charge in [-0.25, -0.2) is 9.97 Å². The number of thiazole rings is 2. The van der Waals surface area contributed by atoms with E-state index in [1.54, 1.807) is 61.1 Å². The monoisotopic (exact) mass is 632 g/mol. The van der Waals surface area contributed by atoms with Gasteiger partial charge in [-0.3, -0.25) is 4.79 Å². The SMILES string of the molecule is C.CCc1nc(C(N)=O)cs1.CCc1nc(C(N)=S)cs1.S=S=S=S=S=S=S=S=S. The molecule has 17 heteroatoms. The Morgan fingerprint density at radius 1 is 0.900 bits per heavy atom. The number of nitrogens with two attached hydrogens (primary N) is 2. The first-order chi connectivity index (χ1) is 13.9. The van der Waals surface area contributed by atoms with E-state index in [2.05, 4.69) is 39.3 Å². The van der Waals surface area contributed by atoms with Gasteiger partial charge in [0.2, 0.25) is 0 Å². The van der Waals surface area contributed by atoms with Gasteiger partial charge in [0.25, 0.3) is 5.91 Å². The summed E-state index contributed by atoms with van der Waals surface area (Å²) in [4.78, 5) is 19.0. The van der Waals surface area contributed by atoms with Crippen LogP contribution in [0.4, 0.5) is 0 Å². The Bertz CT molecular complexity index is 1010. The second kappa shape index (κ2) is 21.4. The summed E-state index contributed by atoms with van der Waals surface area (Å²) in [5.41, 5.74) is 11.5. The Balaban J connectivity index is 0. The molecule has 0 bridgehead atoms. The summed E-state index contributed by atoms with van der Waals surface area (Å²) in [7, 11) is 10.9. The van der Waals surface area contributed by atoms with Crippen molar-refractivity contribution in [1.29, 1.82) is 0 Å². The van der Waals surface area contributed by atoms with Crippen LogP contribution in [-0.2, 0) is 97.4 Å². The van der Waals surface area contributed by atoms with Crippen LogP contribution in [0.15, 0.2) is 10.8 Å². The van der Waals surface area contributed by atoms with Crippen LogP contribution in [0, 0.1) is 0 Å². The van der Waals surface area contributed by atoms with Crippen molar-refractivity contribution < 1.29 is 4.79 Å². The van der Waals surface area contributed by atoms with Crippen molar-refractivity contribution in [2.45, 2.75) is 34.1 Å². The molecule has 0 unspecified atom stereocenters. The normalized spacial score (nSPS) is 8.47. The lowest BCUT2D eigenvalue weighted by Crippen LogP contribution is -2.11. The second-order valence-corrected chi connectivity index (χ2v) is 18.9. The number of rotatable bonds is 4. The first kappa shape index (κ1) is 32.8. The Hall–Kier alpha value is 0.600. The average Bonchev–Trinajstić information content (AvgIpc) is 3.38. The van der Waals surface area contributed by atoms with E-state index in [4.69, 9.17) is 23.7 Å². The first-order valence-electron chi connectivity index (χ1n) is 7.29. The average molecular weight is 633 g/mol. The van der Waals surface area contributed by atoms with Crippen LogP contribution < -0.4 is 11.5 Å². The molecule has 2 aromatic rings. The molecular weight excluding hydrogens is 613 g/mol. The molecule has 170 valence electrons. The lowest BCUT2D eigenvalue weighted by Gasteiger charge is -1.86. The lowest BCUT2D eigenvalue weighted by molar-refractivity contribution is 0.0996. The molecule has 5 nitrogen and oxygen atoms in total. The maximum Gasteiger partial charge on any atom is 0.268 e. The molecule has 0 radical (unpaired) electrons. The molecule has 0 aliphatic rings. The fourth-order valence-corrected chi connectivity index (χ4v) is 16.6. The van der Waals surface area contributed by atoms with Gasteiger partial charge in [0.15, 0.2) is 0 Å². The van der Waals surface area contributed by atoms with Crippen LogP contribution in [-0.4, -0.2) is 20.9 Å². The van der Waals surface area contributed by atoms with Crippen molar-refractivity contribution in [1.82, 2.24) is 9.97 Å². The summed E-state index contributed by atoms with van der Waals surface area (Å²) in [6, 6.07) is 0. The molecule has 0 aliphatic heterocycles. The van der Waals surface area contributed by atoms with Gasteiger partial charge < -0.3 is 11.5 Å². The van der Waals surface area contributed by atoms with Gasteiger partial charge in [0.1, 0.15) is 16.4 Å². The molecule has 2 rings (SSSR count). The summed E-state index contributed by atoms with van der Waals surface area (Å²) in [6.07, 6.45) is 1.81. The predicted octanol–water partition coefficient (Wildman–Crippen LogP) is 2.76. The standard InChI is InChI=1S/C6H8N2OS.C6H8N2S2.CH4.S9/c2*1-2-5-8-4(3-10-5)6(7)9;;1-3-5-7-9-8-6-4-2/h2*3H,2H2,1H3,(H2,7,9);1H4;. The minimum atomic E-state index is -0.448. The highest BCUT2D eigenvalue weighted by Crippen LogP contribution is 2.09. The number of carbonyl (C=O) groups is 1. The van der Waals surface area contributed by atoms with Crippen molar-refractivity contribution in [3.63, 3.8) is 0 Å². The van der Waals surface area contributed by atoms with Crippen LogP contribution >= 0.6 is 34.9 Å². The van der Waals surface area contributed by atoms with E-state index in [1.165, 1.54) is 29.1 Å². The molecule has 0 spiro atoms. The Morgan fingerprint density at radius 2 is 1.30 bits per heavy atom. The van der Waals surface area contributed by atoms with Crippen LogP contribution in [0.2, 0.25) is 0 Å². The molecule has 0 fully saturated rings. The highest BCUT2D eigenvalue weighted by Gasteiger charge is 2.04. The number of hydrogen-bond donors (Lipinski definition) is 2. The molecule has 0 aliphatic carbocycles. The number of hydrogen-bond acceptors (Lipinski definition) is 8. The van der Waals surface area contributed by atoms with Crippen LogP contribution in [0.1, 0.15) is 47.5 Å². The molecule has 4 N–H and O–H groups in total. The zero-order chi connectivity index (χ0) is 22.1. The van der Waals surface area contributed by atoms with Crippen molar-refractivity contribution in [2.24, 2.45) is 11.5 Å². The third-order valence-electron chi connectivity index (χ3n) is 2.38. The minimum Gasteiger partial charge on any atom is -0.388 e. The lowest BCUT2D eigenvalue weighted by atomic mass is 10.4. The number of aromatic nitrogens is 2. The molecule has 0 saturated carbocycles. The van der Waals surface area contributed by atoms with Gasteiger partial charge in [-0.1, -0.05) is 33.5 Å². The van der Waals surface area contributed by atoms with E-state index in [-0.39, 0.29) is 7.43 Å². The van der Waals surface area contributed by atoms with Gasteiger partial charge >= 0.3 is 0 Å². The number of aryl methyl sites for hydroxylation is 2. The molecule has 30 heavy (non-hydrogen) atoms. The van der Waals surface area contributed by atoms with Crippen LogP contribution in [0.5, 0.6) is 0 Å². The largest absolute Gasteiger partial charge is 0.388 e. The van der Waals surface area contributed by atoms with E-state index in [1.807, 2.05) is 12.3 Å². The Morgan fingerprint density at radius 3 is 1.57 bits per heavy atom.